The van der Waals surface area contributed by atoms with Crippen molar-refractivity contribution >= 4 is 5.91 Å². The van der Waals surface area contributed by atoms with Gasteiger partial charge in [0.25, 0.3) is 5.89 Å². The molecule has 3 aromatic rings. The summed E-state index contributed by atoms with van der Waals surface area (Å²) in [6.45, 7) is 12.1. The maximum atomic E-state index is 11.1. The van der Waals surface area contributed by atoms with Crippen LogP contribution in [0.5, 0.6) is 5.75 Å². The topological polar surface area (TPSA) is 144 Å². The number of rotatable bonds is 15. The van der Waals surface area contributed by atoms with Gasteiger partial charge in [0.2, 0.25) is 11.7 Å². The molecule has 0 bridgehead atoms. The fraction of sp³-hybridized carbons (Fsp3) is 0.500. The third-order valence-corrected chi connectivity index (χ3v) is 6.38. The lowest BCUT2D eigenvalue weighted by Crippen LogP contribution is -2.33. The molecule has 2 atom stereocenters. The zero-order valence-electron chi connectivity index (χ0n) is 23.7. The Labute approximate surface area is 230 Å². The molecule has 0 saturated carbocycles. The highest BCUT2D eigenvalue weighted by atomic mass is 16.5. The number of aliphatic hydroxyl groups excluding tert-OH is 2. The Morgan fingerprint density at radius 3 is 2.51 bits per heavy atom. The van der Waals surface area contributed by atoms with Gasteiger partial charge in [0.1, 0.15) is 18.5 Å². The highest BCUT2D eigenvalue weighted by Gasteiger charge is 2.20. The van der Waals surface area contributed by atoms with Crippen molar-refractivity contribution in [3.05, 3.63) is 52.6 Å². The quantitative estimate of drug-likeness (QED) is 0.228. The van der Waals surface area contributed by atoms with Crippen molar-refractivity contribution in [1.82, 2.24) is 15.5 Å². The lowest BCUT2D eigenvalue weighted by Gasteiger charge is -2.18. The number of benzene rings is 2. The highest BCUT2D eigenvalue weighted by molar-refractivity contribution is 5.78. The number of carbonyl (C=O) groups is 1. The predicted octanol–water partition coefficient (Wildman–Crippen LogP) is 3.95. The van der Waals surface area contributed by atoms with Gasteiger partial charge in [-0.2, -0.15) is 4.98 Å². The Bertz CT molecular complexity index is 1240. The molecule has 3 rings (SSSR count). The normalized spacial score (nSPS) is 13.0. The molecule has 212 valence electrons. The summed E-state index contributed by atoms with van der Waals surface area (Å²) in [4.78, 5) is 15.8. The van der Waals surface area contributed by atoms with E-state index in [1.807, 2.05) is 26.0 Å². The first-order valence-corrected chi connectivity index (χ1v) is 13.7. The van der Waals surface area contributed by atoms with Crippen molar-refractivity contribution < 1.29 is 24.3 Å². The molecule has 0 radical (unpaired) electrons. The van der Waals surface area contributed by atoms with Gasteiger partial charge in [-0.3, -0.25) is 4.79 Å². The molecular formula is C30H42N4O5. The largest absolute Gasteiger partial charge is 0.490 e. The highest BCUT2D eigenvalue weighted by Crippen LogP contribution is 2.32. The van der Waals surface area contributed by atoms with E-state index in [9.17, 15) is 15.0 Å². The van der Waals surface area contributed by atoms with E-state index in [0.29, 0.717) is 29.8 Å². The number of hydrogen-bond acceptors (Lipinski definition) is 8. The third kappa shape index (κ3) is 8.61. The van der Waals surface area contributed by atoms with Crippen molar-refractivity contribution in [2.45, 2.75) is 79.1 Å². The summed E-state index contributed by atoms with van der Waals surface area (Å²) in [6, 6.07) is 10.3. The molecule has 39 heavy (non-hydrogen) atoms. The fourth-order valence-corrected chi connectivity index (χ4v) is 4.45. The number of amides is 1. The number of primary amides is 1. The summed E-state index contributed by atoms with van der Waals surface area (Å²) < 4.78 is 11.6. The first kappa shape index (κ1) is 30.3. The van der Waals surface area contributed by atoms with Gasteiger partial charge in [-0.15, -0.1) is 0 Å². The zero-order chi connectivity index (χ0) is 28.5. The lowest BCUT2D eigenvalue weighted by molar-refractivity contribution is -0.127. The Morgan fingerprint density at radius 2 is 1.85 bits per heavy atom. The van der Waals surface area contributed by atoms with E-state index in [1.54, 1.807) is 0 Å². The molecule has 1 amide bonds. The van der Waals surface area contributed by atoms with Crippen LogP contribution >= 0.6 is 0 Å². The molecule has 1 unspecified atom stereocenters. The van der Waals surface area contributed by atoms with Crippen molar-refractivity contribution in [3.63, 3.8) is 0 Å². The van der Waals surface area contributed by atoms with Crippen LogP contribution in [0.2, 0.25) is 0 Å². The minimum atomic E-state index is -1.42. The van der Waals surface area contributed by atoms with E-state index in [1.165, 1.54) is 11.1 Å². The summed E-state index contributed by atoms with van der Waals surface area (Å²) in [7, 11) is 0. The van der Waals surface area contributed by atoms with Gasteiger partial charge in [-0.05, 0) is 78.7 Å². The van der Waals surface area contributed by atoms with E-state index in [0.717, 1.165) is 48.2 Å². The second-order valence-corrected chi connectivity index (χ2v) is 10.5. The average Bonchev–Trinajstić information content (AvgIpc) is 3.38. The number of nitrogens with one attached hydrogen (secondary N) is 1. The first-order chi connectivity index (χ1) is 18.6. The average molecular weight is 539 g/mol. The van der Waals surface area contributed by atoms with Crippen LogP contribution in [0.3, 0.4) is 0 Å². The van der Waals surface area contributed by atoms with Crippen molar-refractivity contribution in [3.8, 4) is 28.6 Å². The van der Waals surface area contributed by atoms with Crippen molar-refractivity contribution in [2.75, 3.05) is 13.2 Å². The third-order valence-electron chi connectivity index (χ3n) is 6.38. The van der Waals surface area contributed by atoms with Crippen LogP contribution in [0.25, 0.3) is 22.8 Å². The molecule has 0 aliphatic carbocycles. The van der Waals surface area contributed by atoms with Crippen LogP contribution < -0.4 is 15.8 Å². The molecule has 9 heteroatoms. The number of aliphatic hydroxyl groups is 2. The Morgan fingerprint density at radius 1 is 1.10 bits per heavy atom. The maximum Gasteiger partial charge on any atom is 0.258 e. The smallest absolute Gasteiger partial charge is 0.258 e. The number of hydrogen-bond donors (Lipinski definition) is 4. The summed E-state index contributed by atoms with van der Waals surface area (Å²) in [6.07, 6.45) is 0.0657. The van der Waals surface area contributed by atoms with Crippen molar-refractivity contribution in [1.29, 1.82) is 0 Å². The molecular weight excluding hydrogens is 496 g/mol. The SMILES string of the molecule is CCCc1cc(CNCC(C)C)cc(-c2nc(-c3cc(C)c(OC[C@@H](O)CC(O)C(N)=O)c(CC)c3)no2)c1. The van der Waals surface area contributed by atoms with Crippen LogP contribution in [-0.2, 0) is 24.2 Å². The second kappa shape index (κ2) is 14.2. The van der Waals surface area contributed by atoms with Gasteiger partial charge in [0.05, 0.1) is 6.10 Å². The number of ether oxygens (including phenoxy) is 1. The first-order valence-electron chi connectivity index (χ1n) is 13.7. The van der Waals surface area contributed by atoms with E-state index < -0.39 is 18.1 Å². The van der Waals surface area contributed by atoms with E-state index in [4.69, 9.17) is 20.0 Å². The Hall–Kier alpha value is -3.27. The fourth-order valence-electron chi connectivity index (χ4n) is 4.45. The maximum absolute atomic E-state index is 11.1. The number of aryl methyl sites for hydroxylation is 3. The molecule has 0 saturated heterocycles. The standard InChI is InChI=1S/C30H42N4O5/c1-6-8-20-10-21(16-32-15-18(3)4)12-24(11-20)30-33-29(34-39-30)23-9-19(5)27(22(7-2)13-23)38-17-25(35)14-26(36)28(31)37/h9-13,18,25-26,32,35-36H,6-8,14-17H2,1-5H3,(H2,31,37)/t25-,26?/m0/s1. The zero-order valence-corrected chi connectivity index (χ0v) is 23.7. The Balaban J connectivity index is 1.81. The van der Waals surface area contributed by atoms with Gasteiger partial charge in [0.15, 0.2) is 0 Å². The van der Waals surface area contributed by atoms with Crippen LogP contribution in [0, 0.1) is 12.8 Å². The van der Waals surface area contributed by atoms with Gasteiger partial charge >= 0.3 is 0 Å². The summed E-state index contributed by atoms with van der Waals surface area (Å²) in [5, 5.41) is 27.5. The van der Waals surface area contributed by atoms with Gasteiger partial charge in [-0.25, -0.2) is 0 Å². The number of carbonyl (C=O) groups excluding carboxylic acids is 1. The van der Waals surface area contributed by atoms with Gasteiger partial charge in [-0.1, -0.05) is 45.3 Å². The molecule has 5 N–H and O–H groups in total. The number of aromatic nitrogens is 2. The molecule has 1 heterocycles. The summed E-state index contributed by atoms with van der Waals surface area (Å²) in [5.74, 6) is 1.30. The van der Waals surface area contributed by atoms with Gasteiger partial charge in [0, 0.05) is 24.1 Å². The van der Waals surface area contributed by atoms with E-state index >= 15 is 0 Å². The van der Waals surface area contributed by atoms with Crippen LogP contribution in [0.1, 0.15) is 62.8 Å². The predicted molar refractivity (Wildman–Crippen MR) is 151 cm³/mol. The van der Waals surface area contributed by atoms with E-state index in [2.05, 4.69) is 49.4 Å². The minimum Gasteiger partial charge on any atom is -0.490 e. The van der Waals surface area contributed by atoms with Gasteiger partial charge < -0.3 is 30.5 Å². The second-order valence-electron chi connectivity index (χ2n) is 10.5. The number of nitrogens with two attached hydrogens (primary N) is 1. The number of nitrogens with zero attached hydrogens (tertiary/aromatic N) is 2. The molecule has 0 spiro atoms. The minimum absolute atomic E-state index is 0.0770. The van der Waals surface area contributed by atoms with Crippen molar-refractivity contribution in [2.24, 2.45) is 11.7 Å². The van der Waals surface area contributed by atoms with Crippen LogP contribution in [-0.4, -0.2) is 51.6 Å². The Kier molecular flexibility index (Phi) is 11.0. The van der Waals surface area contributed by atoms with Crippen LogP contribution in [0.4, 0.5) is 0 Å². The summed E-state index contributed by atoms with van der Waals surface area (Å²) >= 11 is 0. The molecule has 9 nitrogen and oxygen atoms in total. The van der Waals surface area contributed by atoms with Crippen LogP contribution in [0.15, 0.2) is 34.9 Å². The molecule has 0 fully saturated rings. The molecule has 0 aliphatic heterocycles. The summed E-state index contributed by atoms with van der Waals surface area (Å²) in [5.41, 5.74) is 11.0. The lowest BCUT2D eigenvalue weighted by atomic mass is 10.0. The molecule has 1 aromatic heterocycles. The molecule has 2 aromatic carbocycles. The molecule has 0 aliphatic rings. The van der Waals surface area contributed by atoms with E-state index in [-0.39, 0.29) is 13.0 Å². The monoisotopic (exact) mass is 538 g/mol.